The first-order chi connectivity index (χ1) is 10.9. The van der Waals surface area contributed by atoms with Crippen LogP contribution in [0.1, 0.15) is 5.69 Å². The van der Waals surface area contributed by atoms with E-state index >= 15 is 0 Å². The van der Waals surface area contributed by atoms with Gasteiger partial charge in [0.2, 0.25) is 0 Å². The molecule has 23 heavy (non-hydrogen) atoms. The van der Waals surface area contributed by atoms with Crippen LogP contribution in [0.4, 0.5) is 11.4 Å². The summed E-state index contributed by atoms with van der Waals surface area (Å²) in [5.74, 6) is 0.146. The highest BCUT2D eigenvalue weighted by Crippen LogP contribution is 2.16. The Morgan fingerprint density at radius 2 is 1.52 bits per heavy atom. The van der Waals surface area contributed by atoms with Crippen molar-refractivity contribution in [3.63, 3.8) is 0 Å². The second-order valence-electron chi connectivity index (χ2n) is 5.03. The van der Waals surface area contributed by atoms with Crippen LogP contribution < -0.4 is 17.0 Å². The van der Waals surface area contributed by atoms with Gasteiger partial charge in [0.15, 0.2) is 0 Å². The fraction of sp³-hybridized carbons (Fsp3) is 0.118. The largest absolute Gasteiger partial charge is 0.506 e. The number of aromatic hydroxyl groups is 1. The van der Waals surface area contributed by atoms with Crippen molar-refractivity contribution in [3.8, 4) is 11.4 Å². The first-order valence-electron chi connectivity index (χ1n) is 7.06. The van der Waals surface area contributed by atoms with Crippen molar-refractivity contribution in [1.82, 2.24) is 9.36 Å². The number of nitrogen functional groups attached to an aromatic ring is 2. The van der Waals surface area contributed by atoms with Gasteiger partial charge in [-0.3, -0.25) is 9.48 Å². The lowest BCUT2D eigenvalue weighted by atomic mass is 10.3. The minimum atomic E-state index is -0.166. The number of aromatic nitrogens is 2. The minimum Gasteiger partial charge on any atom is -0.506 e. The van der Waals surface area contributed by atoms with Crippen LogP contribution in [0.25, 0.3) is 5.69 Å². The number of hydrogen-bond acceptors (Lipinski definition) is 4. The van der Waals surface area contributed by atoms with Gasteiger partial charge in [-0.15, -0.1) is 0 Å². The summed E-state index contributed by atoms with van der Waals surface area (Å²) in [5.41, 5.74) is 13.1. The highest BCUT2D eigenvalue weighted by Gasteiger charge is 2.12. The molecule has 6 heteroatoms. The van der Waals surface area contributed by atoms with Gasteiger partial charge < -0.3 is 16.6 Å². The van der Waals surface area contributed by atoms with E-state index in [1.165, 1.54) is 0 Å². The molecule has 0 saturated carbocycles. The summed E-state index contributed by atoms with van der Waals surface area (Å²) in [6.45, 7) is 1.83. The molecule has 120 valence electrons. The number of benzene rings is 2. The van der Waals surface area contributed by atoms with E-state index in [1.807, 2.05) is 44.3 Å². The SMILES string of the molecule is Cc1c(N)c(=O)n(-c2ccccc2)n1C.Nc1ccccc1O. The smallest absolute Gasteiger partial charge is 0.294 e. The third-order valence-corrected chi connectivity index (χ3v) is 3.54. The molecule has 5 N–H and O–H groups in total. The Kier molecular flexibility index (Phi) is 4.75. The number of nitrogens with zero attached hydrogens (tertiary/aromatic N) is 2. The summed E-state index contributed by atoms with van der Waals surface area (Å²) in [4.78, 5) is 11.8. The molecule has 0 atom stereocenters. The van der Waals surface area contributed by atoms with Gasteiger partial charge in [-0.1, -0.05) is 30.3 Å². The van der Waals surface area contributed by atoms with Crippen LogP contribution in [0.2, 0.25) is 0 Å². The van der Waals surface area contributed by atoms with Gasteiger partial charge in [-0.25, -0.2) is 4.68 Å². The lowest BCUT2D eigenvalue weighted by molar-refractivity contribution is 0.478. The van der Waals surface area contributed by atoms with Crippen molar-refractivity contribution >= 4 is 11.4 Å². The topological polar surface area (TPSA) is 99.2 Å². The molecular formula is C17H20N4O2. The van der Waals surface area contributed by atoms with Crippen molar-refractivity contribution in [3.05, 3.63) is 70.6 Å². The molecule has 0 fully saturated rings. The molecule has 0 aliphatic heterocycles. The highest BCUT2D eigenvalue weighted by atomic mass is 16.3. The van der Waals surface area contributed by atoms with Crippen LogP contribution in [0.15, 0.2) is 59.4 Å². The summed E-state index contributed by atoms with van der Waals surface area (Å²) in [7, 11) is 1.82. The van der Waals surface area contributed by atoms with Crippen LogP contribution in [-0.4, -0.2) is 14.5 Å². The third-order valence-electron chi connectivity index (χ3n) is 3.54. The molecule has 0 aliphatic carbocycles. The zero-order valence-electron chi connectivity index (χ0n) is 13.1. The number of para-hydroxylation sites is 3. The Bertz CT molecular complexity index is 830. The van der Waals surface area contributed by atoms with Gasteiger partial charge in [0.1, 0.15) is 11.4 Å². The molecule has 0 amide bonds. The molecular weight excluding hydrogens is 292 g/mol. The number of phenolic OH excluding ortho intramolecular Hbond substituents is 1. The Labute approximate surface area is 134 Å². The average molecular weight is 312 g/mol. The monoisotopic (exact) mass is 312 g/mol. The average Bonchev–Trinajstić information content (AvgIpc) is 2.75. The second kappa shape index (κ2) is 6.74. The summed E-state index contributed by atoms with van der Waals surface area (Å²) in [5, 5.41) is 8.79. The molecule has 0 aliphatic rings. The fourth-order valence-corrected chi connectivity index (χ4v) is 2.08. The molecule has 2 aromatic carbocycles. The van der Waals surface area contributed by atoms with E-state index in [4.69, 9.17) is 16.6 Å². The van der Waals surface area contributed by atoms with E-state index < -0.39 is 0 Å². The van der Waals surface area contributed by atoms with Gasteiger partial charge >= 0.3 is 0 Å². The van der Waals surface area contributed by atoms with Crippen LogP contribution in [0, 0.1) is 6.92 Å². The van der Waals surface area contributed by atoms with Crippen LogP contribution in [0.3, 0.4) is 0 Å². The molecule has 1 aromatic heterocycles. The Morgan fingerprint density at radius 3 is 1.96 bits per heavy atom. The normalized spacial score (nSPS) is 10.0. The van der Waals surface area contributed by atoms with E-state index in [-0.39, 0.29) is 11.3 Å². The van der Waals surface area contributed by atoms with Crippen molar-refractivity contribution in [1.29, 1.82) is 0 Å². The summed E-state index contributed by atoms with van der Waals surface area (Å²) in [6.07, 6.45) is 0. The Balaban J connectivity index is 0.000000203. The maximum atomic E-state index is 11.8. The first kappa shape index (κ1) is 16.2. The lowest BCUT2D eigenvalue weighted by Crippen LogP contribution is -2.20. The Morgan fingerprint density at radius 1 is 0.957 bits per heavy atom. The molecule has 0 saturated heterocycles. The lowest BCUT2D eigenvalue weighted by Gasteiger charge is -2.07. The van der Waals surface area contributed by atoms with E-state index in [0.717, 1.165) is 11.4 Å². The number of phenols is 1. The van der Waals surface area contributed by atoms with E-state index in [0.29, 0.717) is 11.4 Å². The van der Waals surface area contributed by atoms with Crippen molar-refractivity contribution < 1.29 is 5.11 Å². The van der Waals surface area contributed by atoms with E-state index in [1.54, 1.807) is 33.6 Å². The molecule has 0 bridgehead atoms. The van der Waals surface area contributed by atoms with Gasteiger partial charge in [0.05, 0.1) is 17.1 Å². The van der Waals surface area contributed by atoms with Gasteiger partial charge in [0.25, 0.3) is 5.56 Å². The molecule has 6 nitrogen and oxygen atoms in total. The van der Waals surface area contributed by atoms with Crippen LogP contribution in [0.5, 0.6) is 5.75 Å². The van der Waals surface area contributed by atoms with E-state index in [9.17, 15) is 4.79 Å². The number of anilines is 2. The summed E-state index contributed by atoms with van der Waals surface area (Å²) >= 11 is 0. The molecule has 1 heterocycles. The predicted octanol–water partition coefficient (Wildman–Crippen LogP) is 2.04. The minimum absolute atomic E-state index is 0.146. The highest BCUT2D eigenvalue weighted by molar-refractivity contribution is 5.50. The van der Waals surface area contributed by atoms with Crippen molar-refractivity contribution in [2.75, 3.05) is 11.5 Å². The molecule has 0 spiro atoms. The molecule has 3 aromatic rings. The molecule has 3 rings (SSSR count). The fourth-order valence-electron chi connectivity index (χ4n) is 2.08. The van der Waals surface area contributed by atoms with Crippen molar-refractivity contribution in [2.45, 2.75) is 6.92 Å². The Hall–Kier alpha value is -3.15. The number of rotatable bonds is 1. The predicted molar refractivity (Wildman–Crippen MR) is 92.7 cm³/mol. The molecule has 0 unspecified atom stereocenters. The van der Waals surface area contributed by atoms with Crippen LogP contribution in [-0.2, 0) is 7.05 Å². The maximum Gasteiger partial charge on any atom is 0.294 e. The van der Waals surface area contributed by atoms with Crippen LogP contribution >= 0.6 is 0 Å². The van der Waals surface area contributed by atoms with Gasteiger partial charge in [-0.2, -0.15) is 0 Å². The zero-order valence-corrected chi connectivity index (χ0v) is 13.1. The van der Waals surface area contributed by atoms with Gasteiger partial charge in [-0.05, 0) is 31.2 Å². The number of hydrogen-bond donors (Lipinski definition) is 3. The third kappa shape index (κ3) is 3.37. The quantitative estimate of drug-likeness (QED) is 0.473. The maximum absolute atomic E-state index is 11.8. The zero-order chi connectivity index (χ0) is 17.0. The number of nitrogens with two attached hydrogens (primary N) is 2. The first-order valence-corrected chi connectivity index (χ1v) is 7.06. The second-order valence-corrected chi connectivity index (χ2v) is 5.03. The standard InChI is InChI=1S/C11H13N3O.C6H7NO/c1-8-10(12)11(15)14(13(8)2)9-6-4-3-5-7-9;7-5-3-1-2-4-6(5)8/h3-7H,12H2,1-2H3;1-4,8H,7H2. The summed E-state index contributed by atoms with van der Waals surface area (Å²) < 4.78 is 3.32. The molecule has 0 radical (unpaired) electrons. The van der Waals surface area contributed by atoms with Crippen molar-refractivity contribution in [2.24, 2.45) is 7.05 Å². The van der Waals surface area contributed by atoms with E-state index in [2.05, 4.69) is 0 Å². The van der Waals surface area contributed by atoms with Gasteiger partial charge in [0, 0.05) is 7.05 Å². The summed E-state index contributed by atoms with van der Waals surface area (Å²) in [6, 6.07) is 16.1.